The first-order valence-corrected chi connectivity index (χ1v) is 10.5. The molecule has 160 valence electrons. The molecule has 0 unspecified atom stereocenters. The van der Waals surface area contributed by atoms with Crippen LogP contribution in [0.3, 0.4) is 0 Å². The number of rotatable bonds is 4. The number of nitrogens with one attached hydrogen (secondary N) is 1. The van der Waals surface area contributed by atoms with Crippen LogP contribution in [0.25, 0.3) is 11.3 Å². The van der Waals surface area contributed by atoms with Gasteiger partial charge in [0, 0.05) is 36.8 Å². The summed E-state index contributed by atoms with van der Waals surface area (Å²) in [5.41, 5.74) is 2.31. The lowest BCUT2D eigenvalue weighted by Crippen LogP contribution is -2.50. The number of piperazine rings is 1. The molecule has 9 heteroatoms. The molecule has 0 saturated carbocycles. The van der Waals surface area contributed by atoms with Crippen LogP contribution in [0.15, 0.2) is 54.6 Å². The monoisotopic (exact) mass is 457 g/mol. The Morgan fingerprint density at radius 1 is 0.968 bits per heavy atom. The molecule has 0 radical (unpaired) electrons. The second-order valence-corrected chi connectivity index (χ2v) is 7.88. The van der Waals surface area contributed by atoms with E-state index >= 15 is 0 Å². The topological polar surface area (TPSA) is 70.6 Å². The van der Waals surface area contributed by atoms with Crippen LogP contribution in [0.4, 0.5) is 16.3 Å². The molecule has 0 bridgehead atoms. The number of hydrogen-bond acceptors (Lipinski definition) is 5. The molecule has 7 nitrogen and oxygen atoms in total. The van der Waals surface area contributed by atoms with Crippen molar-refractivity contribution in [2.75, 3.05) is 43.5 Å². The van der Waals surface area contributed by atoms with Gasteiger partial charge in [-0.25, -0.2) is 4.79 Å². The molecule has 2 heterocycles. The molecule has 0 spiro atoms. The number of methoxy groups -OCH3 is 1. The highest BCUT2D eigenvalue weighted by Crippen LogP contribution is 2.26. The molecule has 2 amide bonds. The summed E-state index contributed by atoms with van der Waals surface area (Å²) in [6.45, 7) is 2.47. The number of carbonyl (C=O) groups excluding carboxylic acids is 1. The van der Waals surface area contributed by atoms with Crippen molar-refractivity contribution in [3.63, 3.8) is 0 Å². The molecule has 0 atom stereocenters. The number of carbonyl (C=O) groups is 1. The fraction of sp³-hybridized carbons (Fsp3) is 0.227. The van der Waals surface area contributed by atoms with E-state index in [1.54, 1.807) is 30.2 Å². The standard InChI is InChI=1S/C22H21Cl2N5O2/c1-31-17-5-2-15(3-6-17)19-8-9-21(27-26-19)28-10-12-29(13-11-28)22(30)25-20-7-4-16(23)14-18(20)24/h2-9,14H,10-13H2,1H3,(H,25,30). The van der Waals surface area contributed by atoms with Gasteiger partial charge in [0.2, 0.25) is 0 Å². The average Bonchev–Trinajstić information content (AvgIpc) is 2.81. The highest BCUT2D eigenvalue weighted by molar-refractivity contribution is 6.36. The summed E-state index contributed by atoms with van der Waals surface area (Å²) >= 11 is 12.0. The quantitative estimate of drug-likeness (QED) is 0.608. The molecule has 1 aliphatic heterocycles. The maximum Gasteiger partial charge on any atom is 0.322 e. The number of ether oxygens (including phenoxy) is 1. The Morgan fingerprint density at radius 3 is 2.32 bits per heavy atom. The van der Waals surface area contributed by atoms with Gasteiger partial charge in [0.15, 0.2) is 5.82 Å². The Balaban J connectivity index is 1.34. The molecule has 1 N–H and O–H groups in total. The van der Waals surface area contributed by atoms with Crippen molar-refractivity contribution in [3.8, 4) is 17.0 Å². The second-order valence-electron chi connectivity index (χ2n) is 7.03. The Morgan fingerprint density at radius 2 is 1.71 bits per heavy atom. The first kappa shape index (κ1) is 21.2. The van der Waals surface area contributed by atoms with Gasteiger partial charge in [0.1, 0.15) is 5.75 Å². The van der Waals surface area contributed by atoms with Crippen LogP contribution < -0.4 is 15.0 Å². The van der Waals surface area contributed by atoms with Crippen LogP contribution in [0, 0.1) is 0 Å². The van der Waals surface area contributed by atoms with E-state index in [-0.39, 0.29) is 6.03 Å². The van der Waals surface area contributed by atoms with Gasteiger partial charge < -0.3 is 19.9 Å². The average molecular weight is 458 g/mol. The van der Waals surface area contributed by atoms with Crippen molar-refractivity contribution in [1.29, 1.82) is 0 Å². The molecular formula is C22H21Cl2N5O2. The third-order valence-electron chi connectivity index (χ3n) is 5.10. The maximum atomic E-state index is 12.6. The third-order valence-corrected chi connectivity index (χ3v) is 5.65. The Hall–Kier alpha value is -3.03. The number of hydrogen-bond donors (Lipinski definition) is 1. The second kappa shape index (κ2) is 9.41. The van der Waals surface area contributed by atoms with Crippen molar-refractivity contribution in [2.24, 2.45) is 0 Å². The van der Waals surface area contributed by atoms with Crippen molar-refractivity contribution >= 4 is 40.7 Å². The van der Waals surface area contributed by atoms with Crippen LogP contribution in [0.1, 0.15) is 0 Å². The minimum atomic E-state index is -0.190. The van der Waals surface area contributed by atoms with Gasteiger partial charge in [-0.05, 0) is 54.6 Å². The fourth-order valence-corrected chi connectivity index (χ4v) is 3.79. The van der Waals surface area contributed by atoms with Crippen molar-refractivity contribution in [1.82, 2.24) is 15.1 Å². The lowest BCUT2D eigenvalue weighted by atomic mass is 10.1. The zero-order chi connectivity index (χ0) is 21.8. The number of urea groups is 1. The van der Waals surface area contributed by atoms with E-state index in [2.05, 4.69) is 20.4 Å². The van der Waals surface area contributed by atoms with Crippen molar-refractivity contribution in [3.05, 3.63) is 64.6 Å². The summed E-state index contributed by atoms with van der Waals surface area (Å²) in [5.74, 6) is 1.59. The molecule has 1 fully saturated rings. The Kier molecular flexibility index (Phi) is 6.44. The number of halogens is 2. The highest BCUT2D eigenvalue weighted by atomic mass is 35.5. The van der Waals surface area contributed by atoms with E-state index in [1.807, 2.05) is 36.4 Å². The normalized spacial score (nSPS) is 13.8. The van der Waals surface area contributed by atoms with Gasteiger partial charge in [-0.1, -0.05) is 23.2 Å². The number of benzene rings is 2. The van der Waals surface area contributed by atoms with Crippen LogP contribution in [0.5, 0.6) is 5.75 Å². The van der Waals surface area contributed by atoms with E-state index < -0.39 is 0 Å². The van der Waals surface area contributed by atoms with Crippen LogP contribution in [0.2, 0.25) is 10.0 Å². The predicted molar refractivity (Wildman–Crippen MR) is 123 cm³/mol. The third kappa shape index (κ3) is 5.00. The highest BCUT2D eigenvalue weighted by Gasteiger charge is 2.22. The molecule has 1 aliphatic rings. The van der Waals surface area contributed by atoms with E-state index in [4.69, 9.17) is 27.9 Å². The summed E-state index contributed by atoms with van der Waals surface area (Å²) in [5, 5.41) is 12.5. The summed E-state index contributed by atoms with van der Waals surface area (Å²) < 4.78 is 5.19. The van der Waals surface area contributed by atoms with E-state index in [0.29, 0.717) is 41.9 Å². The summed E-state index contributed by atoms with van der Waals surface area (Å²) in [6, 6.07) is 16.4. The summed E-state index contributed by atoms with van der Waals surface area (Å²) in [6.07, 6.45) is 0. The first-order valence-electron chi connectivity index (χ1n) is 9.77. The fourth-order valence-electron chi connectivity index (χ4n) is 3.33. The van der Waals surface area contributed by atoms with Gasteiger partial charge in [-0.15, -0.1) is 10.2 Å². The van der Waals surface area contributed by atoms with E-state index in [0.717, 1.165) is 22.8 Å². The van der Waals surface area contributed by atoms with Crippen molar-refractivity contribution in [2.45, 2.75) is 0 Å². The molecular weight excluding hydrogens is 437 g/mol. The predicted octanol–water partition coefficient (Wildman–Crippen LogP) is 4.81. The number of amides is 2. The molecule has 4 rings (SSSR count). The summed E-state index contributed by atoms with van der Waals surface area (Å²) in [7, 11) is 1.64. The molecule has 0 aliphatic carbocycles. The van der Waals surface area contributed by atoms with Gasteiger partial charge in [0.25, 0.3) is 0 Å². The largest absolute Gasteiger partial charge is 0.497 e. The van der Waals surface area contributed by atoms with Crippen LogP contribution in [-0.4, -0.2) is 54.4 Å². The smallest absolute Gasteiger partial charge is 0.322 e. The number of nitrogens with zero attached hydrogens (tertiary/aromatic N) is 4. The van der Waals surface area contributed by atoms with E-state index in [9.17, 15) is 4.79 Å². The summed E-state index contributed by atoms with van der Waals surface area (Å²) in [4.78, 5) is 16.4. The lowest BCUT2D eigenvalue weighted by Gasteiger charge is -2.35. The minimum Gasteiger partial charge on any atom is -0.497 e. The molecule has 3 aromatic rings. The molecule has 2 aromatic carbocycles. The van der Waals surface area contributed by atoms with E-state index in [1.165, 1.54) is 0 Å². The number of anilines is 2. The Labute approximate surface area is 190 Å². The first-order chi connectivity index (χ1) is 15.0. The molecule has 1 saturated heterocycles. The van der Waals surface area contributed by atoms with Crippen molar-refractivity contribution < 1.29 is 9.53 Å². The van der Waals surface area contributed by atoms with Gasteiger partial charge in [0.05, 0.1) is 23.5 Å². The number of aromatic nitrogens is 2. The SMILES string of the molecule is COc1ccc(-c2ccc(N3CCN(C(=O)Nc4ccc(Cl)cc4Cl)CC3)nn2)cc1. The molecule has 1 aromatic heterocycles. The van der Waals surface area contributed by atoms with Crippen LogP contribution in [-0.2, 0) is 0 Å². The maximum absolute atomic E-state index is 12.6. The zero-order valence-electron chi connectivity index (χ0n) is 16.9. The van der Waals surface area contributed by atoms with Gasteiger partial charge in [-0.3, -0.25) is 0 Å². The lowest BCUT2D eigenvalue weighted by molar-refractivity contribution is 0.208. The van der Waals surface area contributed by atoms with Gasteiger partial charge in [-0.2, -0.15) is 0 Å². The Bertz CT molecular complexity index is 1050. The van der Waals surface area contributed by atoms with Crippen LogP contribution >= 0.6 is 23.2 Å². The zero-order valence-corrected chi connectivity index (χ0v) is 18.4. The van der Waals surface area contributed by atoms with Gasteiger partial charge >= 0.3 is 6.03 Å². The molecule has 31 heavy (non-hydrogen) atoms. The minimum absolute atomic E-state index is 0.190.